The van der Waals surface area contributed by atoms with Gasteiger partial charge in [-0.3, -0.25) is 0 Å². The largest absolute Gasteiger partial charge is 0.508 e. The fourth-order valence-corrected chi connectivity index (χ4v) is 3.13. The maximum atomic E-state index is 9.56. The summed E-state index contributed by atoms with van der Waals surface area (Å²) in [5, 5.41) is 17.0. The van der Waals surface area contributed by atoms with Gasteiger partial charge in [0.1, 0.15) is 5.75 Å². The van der Waals surface area contributed by atoms with Gasteiger partial charge in [0, 0.05) is 18.8 Å². The molecule has 2 heterocycles. The van der Waals surface area contributed by atoms with E-state index in [9.17, 15) is 5.11 Å². The number of hydrogen-bond donors (Lipinski definition) is 3. The molecule has 0 radical (unpaired) electrons. The molecule has 0 saturated carbocycles. The fraction of sp³-hybridized carbons (Fsp3) is 0.238. The van der Waals surface area contributed by atoms with Crippen molar-refractivity contribution in [3.05, 3.63) is 60.2 Å². The maximum absolute atomic E-state index is 9.56. The van der Waals surface area contributed by atoms with Crippen molar-refractivity contribution in [3.8, 4) is 5.75 Å². The molecule has 1 aliphatic rings. The molecule has 3 aromatic rings. The van der Waals surface area contributed by atoms with Gasteiger partial charge in [0.05, 0.1) is 6.21 Å². The Bertz CT molecular complexity index is 972. The Morgan fingerprint density at radius 3 is 2.48 bits per heavy atom. The molecule has 29 heavy (non-hydrogen) atoms. The summed E-state index contributed by atoms with van der Waals surface area (Å²) in [4.78, 5) is 15.7. The van der Waals surface area contributed by atoms with Crippen LogP contribution in [0.1, 0.15) is 24.8 Å². The maximum Gasteiger partial charge on any atom is 0.250 e. The average molecular weight is 389 g/mol. The number of benzene rings is 2. The first kappa shape index (κ1) is 18.7. The Labute approximate surface area is 169 Å². The minimum absolute atomic E-state index is 0.191. The monoisotopic (exact) mass is 389 g/mol. The van der Waals surface area contributed by atoms with Gasteiger partial charge in [-0.25, -0.2) is 5.43 Å². The molecule has 1 saturated heterocycles. The van der Waals surface area contributed by atoms with Gasteiger partial charge in [-0.1, -0.05) is 30.3 Å². The van der Waals surface area contributed by atoms with Crippen molar-refractivity contribution in [2.24, 2.45) is 5.10 Å². The number of anilines is 4. The van der Waals surface area contributed by atoms with Gasteiger partial charge in [-0.15, -0.1) is 0 Å². The van der Waals surface area contributed by atoms with E-state index in [1.54, 1.807) is 24.4 Å². The van der Waals surface area contributed by atoms with Crippen molar-refractivity contribution in [2.75, 3.05) is 28.7 Å². The Kier molecular flexibility index (Phi) is 5.80. The van der Waals surface area contributed by atoms with Gasteiger partial charge >= 0.3 is 0 Å². The molecule has 8 heteroatoms. The zero-order chi connectivity index (χ0) is 19.9. The second-order valence-corrected chi connectivity index (χ2v) is 6.79. The molecular formula is C21H23N7O. The minimum Gasteiger partial charge on any atom is -0.508 e. The quantitative estimate of drug-likeness (QED) is 0.436. The second kappa shape index (κ2) is 9.01. The number of rotatable bonds is 6. The first-order chi connectivity index (χ1) is 14.3. The van der Waals surface area contributed by atoms with Gasteiger partial charge in [0.2, 0.25) is 17.8 Å². The molecule has 4 rings (SSSR count). The zero-order valence-electron chi connectivity index (χ0n) is 16.0. The van der Waals surface area contributed by atoms with Crippen molar-refractivity contribution >= 4 is 29.7 Å². The molecular weight excluding hydrogens is 366 g/mol. The number of hydrogen-bond acceptors (Lipinski definition) is 8. The molecule has 0 unspecified atom stereocenters. The lowest BCUT2D eigenvalue weighted by Gasteiger charge is -2.26. The van der Waals surface area contributed by atoms with Crippen LogP contribution in [0.5, 0.6) is 5.75 Å². The highest BCUT2D eigenvalue weighted by molar-refractivity contribution is 5.80. The normalized spacial score (nSPS) is 14.1. The van der Waals surface area contributed by atoms with Crippen molar-refractivity contribution in [1.29, 1.82) is 0 Å². The number of hydrazone groups is 1. The molecule has 0 bridgehead atoms. The van der Waals surface area contributed by atoms with E-state index in [1.807, 2.05) is 36.4 Å². The molecule has 1 aliphatic heterocycles. The Balaban J connectivity index is 1.56. The van der Waals surface area contributed by atoms with E-state index in [-0.39, 0.29) is 5.75 Å². The van der Waals surface area contributed by atoms with E-state index >= 15 is 0 Å². The van der Waals surface area contributed by atoms with Crippen LogP contribution < -0.4 is 15.6 Å². The van der Waals surface area contributed by atoms with Crippen molar-refractivity contribution in [2.45, 2.75) is 19.3 Å². The number of para-hydroxylation sites is 1. The van der Waals surface area contributed by atoms with E-state index in [1.165, 1.54) is 6.42 Å². The van der Waals surface area contributed by atoms with Crippen LogP contribution in [0.4, 0.5) is 23.5 Å². The summed E-state index contributed by atoms with van der Waals surface area (Å²) in [6.07, 6.45) is 5.10. The lowest BCUT2D eigenvalue weighted by atomic mass is 10.1. The third-order valence-electron chi connectivity index (χ3n) is 4.54. The van der Waals surface area contributed by atoms with Crippen molar-refractivity contribution in [1.82, 2.24) is 15.0 Å². The van der Waals surface area contributed by atoms with Crippen LogP contribution in [0.25, 0.3) is 0 Å². The highest BCUT2D eigenvalue weighted by Gasteiger charge is 2.16. The number of piperidine rings is 1. The number of phenols is 1. The summed E-state index contributed by atoms with van der Waals surface area (Å²) < 4.78 is 0. The van der Waals surface area contributed by atoms with Crippen LogP contribution in [0.15, 0.2) is 59.7 Å². The predicted octanol–water partition coefficient (Wildman–Crippen LogP) is 3.76. The summed E-state index contributed by atoms with van der Waals surface area (Å²) >= 11 is 0. The zero-order valence-corrected chi connectivity index (χ0v) is 16.0. The highest BCUT2D eigenvalue weighted by Crippen LogP contribution is 2.20. The fourth-order valence-electron chi connectivity index (χ4n) is 3.13. The lowest BCUT2D eigenvalue weighted by Crippen LogP contribution is -2.31. The van der Waals surface area contributed by atoms with Crippen LogP contribution >= 0.6 is 0 Å². The second-order valence-electron chi connectivity index (χ2n) is 6.79. The van der Waals surface area contributed by atoms with Crippen LogP contribution in [-0.2, 0) is 0 Å². The number of aromatic nitrogens is 3. The summed E-state index contributed by atoms with van der Waals surface area (Å²) in [5.74, 6) is 1.64. The summed E-state index contributed by atoms with van der Waals surface area (Å²) in [5.41, 5.74) is 4.55. The number of phenolic OH excluding ortho intramolecular Hbond substituents is 1. The van der Waals surface area contributed by atoms with E-state index < -0.39 is 0 Å². The first-order valence-electron chi connectivity index (χ1n) is 9.67. The molecule has 0 aliphatic carbocycles. The summed E-state index contributed by atoms with van der Waals surface area (Å²) in [7, 11) is 0. The predicted molar refractivity (Wildman–Crippen MR) is 115 cm³/mol. The Hall–Kier alpha value is -3.68. The molecule has 3 N–H and O–H groups in total. The number of aromatic hydroxyl groups is 1. The molecule has 0 atom stereocenters. The lowest BCUT2D eigenvalue weighted by molar-refractivity contribution is 0.475. The molecule has 8 nitrogen and oxygen atoms in total. The smallest absolute Gasteiger partial charge is 0.250 e. The Morgan fingerprint density at radius 2 is 1.69 bits per heavy atom. The molecule has 1 aromatic heterocycles. The van der Waals surface area contributed by atoms with Crippen LogP contribution in [0.2, 0.25) is 0 Å². The number of nitrogens with zero attached hydrogens (tertiary/aromatic N) is 5. The summed E-state index contributed by atoms with van der Waals surface area (Å²) in [6.45, 7) is 1.86. The SMILES string of the molecule is Oc1cccc(/C=N\Nc2nc(Nc3ccccc3)nc(N3CCCCC3)n2)c1. The average Bonchev–Trinajstić information content (AvgIpc) is 2.75. The third kappa shape index (κ3) is 5.19. The topological polar surface area (TPSA) is 98.6 Å². The van der Waals surface area contributed by atoms with Gasteiger partial charge in [0.15, 0.2) is 0 Å². The van der Waals surface area contributed by atoms with Crippen molar-refractivity contribution < 1.29 is 5.11 Å². The van der Waals surface area contributed by atoms with E-state index in [2.05, 4.69) is 35.7 Å². The standard InChI is InChI=1S/C21H23N7O/c29-18-11-7-8-16(14-18)15-22-27-20-24-19(23-17-9-3-1-4-10-17)25-21(26-20)28-12-5-2-6-13-28/h1,3-4,7-11,14-15,29H,2,5-6,12-13H2,(H2,23,24,25,26,27)/b22-15-. The highest BCUT2D eigenvalue weighted by atomic mass is 16.3. The van der Waals surface area contributed by atoms with Crippen molar-refractivity contribution in [3.63, 3.8) is 0 Å². The summed E-state index contributed by atoms with van der Waals surface area (Å²) in [6, 6.07) is 16.6. The van der Waals surface area contributed by atoms with Crippen LogP contribution in [0, 0.1) is 0 Å². The third-order valence-corrected chi connectivity index (χ3v) is 4.54. The van der Waals surface area contributed by atoms with E-state index in [0.717, 1.165) is 37.2 Å². The first-order valence-corrected chi connectivity index (χ1v) is 9.67. The molecule has 2 aromatic carbocycles. The molecule has 0 amide bonds. The minimum atomic E-state index is 0.191. The molecule has 148 valence electrons. The number of nitrogens with one attached hydrogen (secondary N) is 2. The van der Waals surface area contributed by atoms with Crippen LogP contribution in [0.3, 0.4) is 0 Å². The van der Waals surface area contributed by atoms with Gasteiger partial charge in [-0.05, 0) is 49.1 Å². The van der Waals surface area contributed by atoms with E-state index in [4.69, 9.17) is 0 Å². The van der Waals surface area contributed by atoms with Gasteiger partial charge in [-0.2, -0.15) is 20.1 Å². The molecule has 1 fully saturated rings. The van der Waals surface area contributed by atoms with Crippen LogP contribution in [-0.4, -0.2) is 39.4 Å². The van der Waals surface area contributed by atoms with Gasteiger partial charge < -0.3 is 15.3 Å². The Morgan fingerprint density at radius 1 is 0.897 bits per heavy atom. The van der Waals surface area contributed by atoms with Gasteiger partial charge in [0.25, 0.3) is 0 Å². The van der Waals surface area contributed by atoms with E-state index in [0.29, 0.717) is 17.8 Å². The molecule has 0 spiro atoms.